The maximum atomic E-state index is 13.5. The Hall–Kier alpha value is -1.21. The zero-order chi connectivity index (χ0) is 13.7. The van der Waals surface area contributed by atoms with Gasteiger partial charge in [-0.1, -0.05) is 6.92 Å². The molecular weight excluding hydrogens is 269 g/mol. The van der Waals surface area contributed by atoms with Crippen LogP contribution in [0.5, 0.6) is 0 Å². The number of hydrogen-bond donors (Lipinski definition) is 1. The van der Waals surface area contributed by atoms with Crippen LogP contribution >= 0.6 is 0 Å². The van der Waals surface area contributed by atoms with E-state index in [4.69, 9.17) is 4.55 Å². The largest absolute Gasteiger partial charge is 0.371 e. The molecule has 2 unspecified atom stereocenters. The molecule has 1 aliphatic rings. The molecule has 0 aliphatic heterocycles. The number of rotatable bonds is 2. The molecule has 1 aliphatic carbocycles. The molecule has 0 saturated carbocycles. The molecular formula is C11H9F3O3S. The van der Waals surface area contributed by atoms with Gasteiger partial charge in [0.1, 0.15) is 5.82 Å². The van der Waals surface area contributed by atoms with Crippen molar-refractivity contribution < 1.29 is 26.7 Å². The summed E-state index contributed by atoms with van der Waals surface area (Å²) in [6.07, 6.45) is -0.0720. The Morgan fingerprint density at radius 3 is 2.61 bits per heavy atom. The van der Waals surface area contributed by atoms with Gasteiger partial charge in [0.2, 0.25) is 11.1 Å². The van der Waals surface area contributed by atoms with Crippen LogP contribution in [0.25, 0.3) is 0 Å². The zero-order valence-corrected chi connectivity index (χ0v) is 10.1. The summed E-state index contributed by atoms with van der Waals surface area (Å²) in [5.74, 6) is -1.88. The van der Waals surface area contributed by atoms with E-state index in [2.05, 4.69) is 0 Å². The van der Waals surface area contributed by atoms with E-state index in [-0.39, 0.29) is 12.0 Å². The number of carbonyl (C=O) groups is 1. The number of fused-ring (bicyclic) bond motifs is 1. The van der Waals surface area contributed by atoms with Gasteiger partial charge in [0.15, 0.2) is 5.78 Å². The van der Waals surface area contributed by atoms with Crippen LogP contribution in [-0.2, 0) is 16.3 Å². The maximum absolute atomic E-state index is 13.5. The van der Waals surface area contributed by atoms with E-state index in [0.717, 1.165) is 6.07 Å². The minimum Gasteiger partial charge on any atom is -0.301 e. The molecule has 0 saturated heterocycles. The van der Waals surface area contributed by atoms with Crippen molar-refractivity contribution in [3.63, 3.8) is 0 Å². The third-order valence-electron chi connectivity index (χ3n) is 2.99. The van der Waals surface area contributed by atoms with E-state index < -0.39 is 45.0 Å². The zero-order valence-electron chi connectivity index (χ0n) is 9.25. The first-order valence-electron chi connectivity index (χ1n) is 5.11. The highest BCUT2D eigenvalue weighted by atomic mass is 32.2. The Bertz CT molecular complexity index is 557. The minimum absolute atomic E-state index is 0.0720. The molecule has 1 aromatic rings. The first-order valence-corrected chi connectivity index (χ1v) is 6.22. The fraction of sp³-hybridized carbons (Fsp3) is 0.364. The molecule has 0 spiro atoms. The first-order chi connectivity index (χ1) is 8.26. The van der Waals surface area contributed by atoms with Crippen LogP contribution in [0.1, 0.15) is 40.7 Å². The summed E-state index contributed by atoms with van der Waals surface area (Å²) in [6, 6.07) is 1.49. The van der Waals surface area contributed by atoms with Crippen molar-refractivity contribution in [3.05, 3.63) is 34.6 Å². The average Bonchev–Trinajstić information content (AvgIpc) is 2.55. The first kappa shape index (κ1) is 13.2. The van der Waals surface area contributed by atoms with E-state index in [0.29, 0.717) is 6.07 Å². The maximum Gasteiger partial charge on any atom is 0.371 e. The fourth-order valence-corrected chi connectivity index (χ4v) is 2.55. The van der Waals surface area contributed by atoms with Gasteiger partial charge in [-0.2, -0.15) is 8.78 Å². The summed E-state index contributed by atoms with van der Waals surface area (Å²) >= 11 is -3.46. The lowest BCUT2D eigenvalue weighted by Gasteiger charge is -2.16. The number of benzene rings is 1. The molecule has 0 radical (unpaired) electrons. The van der Waals surface area contributed by atoms with Crippen LogP contribution in [0.4, 0.5) is 13.2 Å². The van der Waals surface area contributed by atoms with Gasteiger partial charge in [-0.3, -0.25) is 4.79 Å². The van der Waals surface area contributed by atoms with Crippen molar-refractivity contribution in [2.24, 2.45) is 0 Å². The number of halogens is 3. The minimum atomic E-state index is -4.09. The summed E-state index contributed by atoms with van der Waals surface area (Å²) in [5.41, 5.74) is -1.42. The molecule has 3 nitrogen and oxygen atoms in total. The van der Waals surface area contributed by atoms with Crippen molar-refractivity contribution in [3.8, 4) is 0 Å². The smallest absolute Gasteiger partial charge is 0.301 e. The second-order valence-electron chi connectivity index (χ2n) is 4.18. The average molecular weight is 278 g/mol. The SMILES string of the molecule is CC1CC(=O)c2c(C(F)(F)S(=O)O)ccc(F)c21. The highest BCUT2D eigenvalue weighted by Gasteiger charge is 2.45. The lowest BCUT2D eigenvalue weighted by molar-refractivity contribution is 0.0841. The van der Waals surface area contributed by atoms with Gasteiger partial charge in [-0.25, -0.2) is 8.60 Å². The van der Waals surface area contributed by atoms with E-state index in [1.165, 1.54) is 0 Å². The quantitative estimate of drug-likeness (QED) is 0.846. The number of ketones is 1. The van der Waals surface area contributed by atoms with Gasteiger partial charge in [0, 0.05) is 23.1 Å². The highest BCUT2D eigenvalue weighted by Crippen LogP contribution is 2.42. The summed E-state index contributed by atoms with van der Waals surface area (Å²) in [4.78, 5) is 11.6. The van der Waals surface area contributed by atoms with E-state index >= 15 is 0 Å². The van der Waals surface area contributed by atoms with Crippen LogP contribution in [0.2, 0.25) is 0 Å². The summed E-state index contributed by atoms with van der Waals surface area (Å²) in [7, 11) is 0. The number of hydrogen-bond acceptors (Lipinski definition) is 2. The van der Waals surface area contributed by atoms with Crippen LogP contribution < -0.4 is 0 Å². The fourth-order valence-electron chi connectivity index (χ4n) is 2.20. The lowest BCUT2D eigenvalue weighted by Crippen LogP contribution is -2.23. The van der Waals surface area contributed by atoms with Crippen molar-refractivity contribution in [2.75, 3.05) is 0 Å². The molecule has 0 amide bonds. The number of carbonyl (C=O) groups excluding carboxylic acids is 1. The van der Waals surface area contributed by atoms with Crippen LogP contribution in [0, 0.1) is 5.82 Å². The molecule has 1 N–H and O–H groups in total. The highest BCUT2D eigenvalue weighted by molar-refractivity contribution is 7.79. The van der Waals surface area contributed by atoms with Gasteiger partial charge in [0.25, 0.3) is 0 Å². The molecule has 1 aromatic carbocycles. The lowest BCUT2D eigenvalue weighted by atomic mass is 9.99. The van der Waals surface area contributed by atoms with Gasteiger partial charge < -0.3 is 4.55 Å². The van der Waals surface area contributed by atoms with Gasteiger partial charge in [-0.15, -0.1) is 0 Å². The van der Waals surface area contributed by atoms with Crippen molar-refractivity contribution in [1.82, 2.24) is 0 Å². The Kier molecular flexibility index (Phi) is 3.06. The van der Waals surface area contributed by atoms with E-state index in [9.17, 15) is 22.2 Å². The summed E-state index contributed by atoms with van der Waals surface area (Å²) in [6.45, 7) is 1.55. The summed E-state index contributed by atoms with van der Waals surface area (Å²) < 4.78 is 59.9. The Balaban J connectivity index is 2.74. The van der Waals surface area contributed by atoms with E-state index in [1.807, 2.05) is 0 Å². The molecule has 18 heavy (non-hydrogen) atoms. The van der Waals surface area contributed by atoms with Crippen molar-refractivity contribution >= 4 is 16.9 Å². The number of Topliss-reactive ketones (excluding diaryl/α,β-unsaturated/α-hetero) is 1. The van der Waals surface area contributed by atoms with Crippen molar-refractivity contribution in [1.29, 1.82) is 0 Å². The normalized spacial score (nSPS) is 20.9. The predicted molar refractivity (Wildman–Crippen MR) is 58.4 cm³/mol. The second-order valence-corrected chi connectivity index (χ2v) is 5.19. The van der Waals surface area contributed by atoms with Crippen LogP contribution in [0.15, 0.2) is 12.1 Å². The van der Waals surface area contributed by atoms with Gasteiger partial charge in [-0.05, 0) is 18.1 Å². The molecule has 2 rings (SSSR count). The monoisotopic (exact) mass is 278 g/mol. The molecule has 0 heterocycles. The molecule has 2 atom stereocenters. The second kappa shape index (κ2) is 4.17. The molecule has 98 valence electrons. The van der Waals surface area contributed by atoms with E-state index in [1.54, 1.807) is 6.92 Å². The Morgan fingerprint density at radius 1 is 1.44 bits per heavy atom. The van der Waals surface area contributed by atoms with Gasteiger partial charge >= 0.3 is 5.25 Å². The van der Waals surface area contributed by atoms with Crippen molar-refractivity contribution in [2.45, 2.75) is 24.5 Å². The summed E-state index contributed by atoms with van der Waals surface area (Å²) in [5, 5.41) is -4.09. The third kappa shape index (κ3) is 1.78. The Morgan fingerprint density at radius 2 is 2.06 bits per heavy atom. The molecule has 0 fully saturated rings. The molecule has 0 aromatic heterocycles. The standard InChI is InChI=1S/C11H9F3O3S/c1-5-4-8(15)10-6(11(13,14)18(16)17)2-3-7(12)9(5)10/h2-3,5H,4H2,1H3,(H,16,17). The van der Waals surface area contributed by atoms with Crippen LogP contribution in [0.3, 0.4) is 0 Å². The predicted octanol–water partition coefficient (Wildman–Crippen LogP) is 2.79. The topological polar surface area (TPSA) is 54.4 Å². The van der Waals surface area contributed by atoms with Gasteiger partial charge in [0.05, 0.1) is 0 Å². The third-order valence-corrected chi connectivity index (χ3v) is 3.65. The molecule has 0 bridgehead atoms. The number of alkyl halides is 2. The van der Waals surface area contributed by atoms with Crippen LogP contribution in [-0.4, -0.2) is 14.5 Å². The molecule has 7 heteroatoms. The Labute approximate surface area is 103 Å².